The zero-order valence-corrected chi connectivity index (χ0v) is 11.1. The Bertz CT molecular complexity index is 8.00. The van der Waals surface area contributed by atoms with Crippen molar-refractivity contribution in [3.8, 4) is 0 Å². The third kappa shape index (κ3) is 8.85. The molecule has 0 N–H and O–H groups in total. The van der Waals surface area contributed by atoms with Crippen LogP contribution in [-0.4, -0.2) is 27.3 Å². The molecule has 0 atom stereocenters. The second-order valence-electron chi connectivity index (χ2n) is 0. The van der Waals surface area contributed by atoms with E-state index < -0.39 is 0 Å². The minimum absolute atomic E-state index is 0. The van der Waals surface area contributed by atoms with Crippen molar-refractivity contribution in [1.29, 1.82) is 0 Å². The van der Waals surface area contributed by atoms with E-state index in [1.165, 1.54) is 0 Å². The van der Waals surface area contributed by atoms with Gasteiger partial charge in [-0.05, 0) is 0 Å². The van der Waals surface area contributed by atoms with E-state index in [-0.39, 0.29) is 53.1 Å². The number of hydrogen-bond donors (Lipinski definition) is 0. The largest absolute Gasteiger partial charge is 0 e. The maximum atomic E-state index is 8.25. The fraction of sp³-hybridized carbons (Fsp3) is 0. The van der Waals surface area contributed by atoms with Gasteiger partial charge in [0.25, 0.3) is 0 Å². The molecule has 0 fully saturated rings. The molecule has 0 unspecified atom stereocenters. The van der Waals surface area contributed by atoms with Gasteiger partial charge in [-0.2, -0.15) is 0 Å². The van der Waals surface area contributed by atoms with Gasteiger partial charge in [-0.15, -0.1) is 0 Å². The summed E-state index contributed by atoms with van der Waals surface area (Å²) in [5.74, 6) is 0. The topological polar surface area (TPSA) is 17.1 Å². The van der Waals surface area contributed by atoms with E-state index in [9.17, 15) is 0 Å². The third-order valence-electron chi connectivity index (χ3n) is 0. The molecule has 0 spiro atoms. The SMILES string of the molecule is [O]=[Ti].[PbH2].[Sc]. The summed E-state index contributed by atoms with van der Waals surface area (Å²) in [5.41, 5.74) is 0. The summed E-state index contributed by atoms with van der Waals surface area (Å²) < 4.78 is 8.25. The Kier molecular flexibility index (Phi) is 75.1. The molecule has 0 rings (SSSR count). The maximum absolute atomic E-state index is 8.25. The van der Waals surface area contributed by atoms with Crippen LogP contribution in [0.3, 0.4) is 0 Å². The summed E-state index contributed by atoms with van der Waals surface area (Å²) in [6.45, 7) is 0. The van der Waals surface area contributed by atoms with Crippen LogP contribution in [0.2, 0.25) is 0 Å². The smallest absolute Gasteiger partial charge is 0 e. The van der Waals surface area contributed by atoms with E-state index >= 15 is 0 Å². The second kappa shape index (κ2) is 18.5. The van der Waals surface area contributed by atoms with E-state index in [0.717, 1.165) is 20.4 Å². The van der Waals surface area contributed by atoms with Crippen molar-refractivity contribution < 1.29 is 49.6 Å². The average molecular weight is 318 g/mol. The Hall–Kier alpha value is 2.31. The summed E-state index contributed by atoms with van der Waals surface area (Å²) in [4.78, 5) is 0. The first kappa shape index (κ1) is 16.2. The molecule has 0 saturated heterocycles. The first-order valence-corrected chi connectivity index (χ1v) is 0.842. The van der Waals surface area contributed by atoms with Gasteiger partial charge < -0.3 is 0 Å². The molecule has 4 heteroatoms. The standard InChI is InChI=1S/O.Pb.Sc.Ti.2H. The molecule has 0 aromatic rings. The molecule has 0 bridgehead atoms. The van der Waals surface area contributed by atoms with Gasteiger partial charge >= 0.3 is 51.0 Å². The van der Waals surface area contributed by atoms with Crippen molar-refractivity contribution in [1.82, 2.24) is 0 Å². The zero-order valence-electron chi connectivity index (χ0n) is 2.19. The molecule has 0 aliphatic heterocycles. The van der Waals surface area contributed by atoms with Crippen LogP contribution in [0.5, 0.6) is 0 Å². The van der Waals surface area contributed by atoms with E-state index in [1.54, 1.807) is 0 Å². The molecule has 0 saturated carbocycles. The fourth-order valence-electron chi connectivity index (χ4n) is 0. The molecule has 0 amide bonds. The molecular formula is H2OPbScTi. The summed E-state index contributed by atoms with van der Waals surface area (Å²) in [7, 11) is 0. The average Bonchev–Trinajstić information content (AvgIpc) is 1.00. The van der Waals surface area contributed by atoms with Gasteiger partial charge in [0.15, 0.2) is 0 Å². The van der Waals surface area contributed by atoms with E-state index in [4.69, 9.17) is 3.32 Å². The first-order chi connectivity index (χ1) is 1.00. The minimum atomic E-state index is 0. The summed E-state index contributed by atoms with van der Waals surface area (Å²) in [6, 6.07) is 0. The molecular weight excluding hydrogens is 316 g/mol. The van der Waals surface area contributed by atoms with Crippen molar-refractivity contribution in [3.63, 3.8) is 0 Å². The van der Waals surface area contributed by atoms with Crippen molar-refractivity contribution in [2.75, 3.05) is 0 Å². The summed E-state index contributed by atoms with van der Waals surface area (Å²) >= 11 is 0.750. The van der Waals surface area contributed by atoms with Crippen molar-refractivity contribution in [2.45, 2.75) is 0 Å². The maximum Gasteiger partial charge on any atom is 0 e. The molecule has 4 heavy (non-hydrogen) atoms. The monoisotopic (exact) mass is 319 g/mol. The van der Waals surface area contributed by atoms with Crippen LogP contribution in [0.1, 0.15) is 0 Å². The van der Waals surface area contributed by atoms with Crippen molar-refractivity contribution >= 4 is 27.3 Å². The third-order valence-corrected chi connectivity index (χ3v) is 0. The predicted molar refractivity (Wildman–Crippen MR) is 9.23 cm³/mol. The normalized spacial score (nSPS) is 0.750. The minimum Gasteiger partial charge on any atom is 0 e. The van der Waals surface area contributed by atoms with E-state index in [1.807, 2.05) is 0 Å². The summed E-state index contributed by atoms with van der Waals surface area (Å²) in [5, 5.41) is 0. The van der Waals surface area contributed by atoms with Crippen LogP contribution < -0.4 is 0 Å². The second-order valence-corrected chi connectivity index (χ2v) is 0. The molecule has 3 radical (unpaired) electrons. The Morgan fingerprint density at radius 1 is 1.25 bits per heavy atom. The van der Waals surface area contributed by atoms with Gasteiger partial charge in [0.2, 0.25) is 0 Å². The van der Waals surface area contributed by atoms with Crippen molar-refractivity contribution in [2.24, 2.45) is 0 Å². The van der Waals surface area contributed by atoms with Crippen LogP contribution in [0.25, 0.3) is 0 Å². The number of hydrogen-bond acceptors (Lipinski definition) is 1. The van der Waals surface area contributed by atoms with Crippen LogP contribution in [0.15, 0.2) is 0 Å². The van der Waals surface area contributed by atoms with Gasteiger partial charge in [-0.25, -0.2) is 0 Å². The Morgan fingerprint density at radius 2 is 1.25 bits per heavy atom. The molecule has 19 valence electrons. The summed E-state index contributed by atoms with van der Waals surface area (Å²) in [6.07, 6.45) is 0. The Morgan fingerprint density at radius 3 is 1.25 bits per heavy atom. The number of rotatable bonds is 0. The molecule has 0 heterocycles. The first-order valence-electron chi connectivity index (χ1n) is 0.204. The predicted octanol–water partition coefficient (Wildman–Crippen LogP) is -1.04. The zero-order chi connectivity index (χ0) is 2.00. The van der Waals surface area contributed by atoms with Crippen molar-refractivity contribution in [3.05, 3.63) is 0 Å². The molecule has 0 aromatic carbocycles. The van der Waals surface area contributed by atoms with E-state index in [0.29, 0.717) is 0 Å². The Labute approximate surface area is 75.6 Å². The van der Waals surface area contributed by atoms with Gasteiger partial charge in [0.05, 0.1) is 0 Å². The molecule has 0 aliphatic carbocycles. The quantitative estimate of drug-likeness (QED) is 0.522. The van der Waals surface area contributed by atoms with E-state index in [2.05, 4.69) is 0 Å². The van der Waals surface area contributed by atoms with Gasteiger partial charge in [0.1, 0.15) is 0 Å². The van der Waals surface area contributed by atoms with Crippen LogP contribution >= 0.6 is 0 Å². The molecule has 0 aliphatic rings. The fourth-order valence-corrected chi connectivity index (χ4v) is 0. The molecule has 0 aromatic heterocycles. The molecule has 1 nitrogen and oxygen atoms in total. The van der Waals surface area contributed by atoms with Crippen LogP contribution in [-0.2, 0) is 49.6 Å². The van der Waals surface area contributed by atoms with Gasteiger partial charge in [0, 0.05) is 25.8 Å². The van der Waals surface area contributed by atoms with Crippen LogP contribution in [0, 0.1) is 0 Å². The Balaban J connectivity index is -0.00000000500. The van der Waals surface area contributed by atoms with Crippen LogP contribution in [0.4, 0.5) is 0 Å². The van der Waals surface area contributed by atoms with Gasteiger partial charge in [-0.1, -0.05) is 0 Å². The van der Waals surface area contributed by atoms with Gasteiger partial charge in [-0.3, -0.25) is 0 Å².